The number of benzene rings is 3. The molecule has 3 aromatic rings. The van der Waals surface area contributed by atoms with Gasteiger partial charge >= 0.3 is 5.97 Å². The summed E-state index contributed by atoms with van der Waals surface area (Å²) in [4.78, 5) is 54.3. The number of hydrogen-bond donors (Lipinski definition) is 3. The molecule has 0 saturated carbocycles. The second kappa shape index (κ2) is 14.0. The van der Waals surface area contributed by atoms with Gasteiger partial charge in [-0.25, -0.2) is 4.79 Å². The van der Waals surface area contributed by atoms with E-state index in [2.05, 4.69) is 20.9 Å². The molecule has 240 valence electrons. The number of hydrogen-bond acceptors (Lipinski definition) is 7. The van der Waals surface area contributed by atoms with E-state index in [1.807, 2.05) is 86.5 Å². The minimum Gasteiger partial charge on any atom is -0.465 e. The van der Waals surface area contributed by atoms with E-state index >= 15 is 0 Å². The van der Waals surface area contributed by atoms with E-state index in [9.17, 15) is 19.2 Å². The number of carbonyl (C=O) groups excluding carboxylic acids is 4. The second-order valence-electron chi connectivity index (χ2n) is 11.9. The topological polar surface area (TPSA) is 120 Å². The lowest BCUT2D eigenvalue weighted by Gasteiger charge is -2.44. The summed E-state index contributed by atoms with van der Waals surface area (Å²) in [7, 11) is 3.33. The van der Waals surface area contributed by atoms with Crippen LogP contribution in [0.4, 0.5) is 11.4 Å². The Morgan fingerprint density at radius 1 is 0.957 bits per heavy atom. The van der Waals surface area contributed by atoms with Gasteiger partial charge in [0, 0.05) is 54.4 Å². The molecule has 3 amide bonds. The fraction of sp³-hybridized carbons (Fsp3) is 0.333. The Hall–Kier alpha value is -4.96. The van der Waals surface area contributed by atoms with Gasteiger partial charge in [0.2, 0.25) is 12.3 Å². The quantitative estimate of drug-likeness (QED) is 0.188. The van der Waals surface area contributed by atoms with Crippen molar-refractivity contribution in [3.05, 3.63) is 94.5 Å². The van der Waals surface area contributed by atoms with Gasteiger partial charge < -0.3 is 25.6 Å². The average molecular weight is 624 g/mol. The van der Waals surface area contributed by atoms with Gasteiger partial charge in [-0.3, -0.25) is 19.3 Å². The molecule has 0 aromatic heterocycles. The van der Waals surface area contributed by atoms with E-state index < -0.39 is 11.5 Å². The van der Waals surface area contributed by atoms with E-state index in [1.165, 1.54) is 7.11 Å². The Morgan fingerprint density at radius 2 is 1.65 bits per heavy atom. The number of anilines is 2. The number of piperidine rings is 1. The van der Waals surface area contributed by atoms with Crippen LogP contribution in [-0.4, -0.2) is 79.9 Å². The van der Waals surface area contributed by atoms with E-state index in [1.54, 1.807) is 6.07 Å². The van der Waals surface area contributed by atoms with Gasteiger partial charge in [-0.15, -0.1) is 0 Å². The number of allylic oxidation sites excluding steroid dienone is 1. The van der Waals surface area contributed by atoms with Crippen LogP contribution in [0.3, 0.4) is 0 Å². The first kappa shape index (κ1) is 32.4. The number of methoxy groups -OCH3 is 1. The van der Waals surface area contributed by atoms with Gasteiger partial charge in [-0.05, 0) is 93.3 Å². The van der Waals surface area contributed by atoms with Gasteiger partial charge in [0.15, 0.2) is 0 Å². The van der Waals surface area contributed by atoms with Gasteiger partial charge in [-0.1, -0.05) is 30.3 Å². The van der Waals surface area contributed by atoms with Crippen molar-refractivity contribution in [2.24, 2.45) is 0 Å². The van der Waals surface area contributed by atoms with Crippen molar-refractivity contribution in [2.75, 3.05) is 51.0 Å². The third-order valence-corrected chi connectivity index (χ3v) is 9.21. The Kier molecular flexibility index (Phi) is 9.87. The highest BCUT2D eigenvalue weighted by Gasteiger charge is 2.46. The van der Waals surface area contributed by atoms with Crippen molar-refractivity contribution in [1.82, 2.24) is 15.1 Å². The third-order valence-electron chi connectivity index (χ3n) is 9.21. The SMILES string of the molecule is COC(=O)c1cc(NC=O)c(/C(C)=C(/Nc2ccc(C(=O)N3CCC4(CC3)C(=O)NCCCN4C)cc2)c2ccccc2)cc1C. The number of likely N-dealkylation sites (N-methyl/N-ethyl adjacent to an activating group) is 1. The molecule has 0 bridgehead atoms. The van der Waals surface area contributed by atoms with E-state index in [0.717, 1.165) is 41.1 Å². The first-order chi connectivity index (χ1) is 22.2. The maximum Gasteiger partial charge on any atom is 0.338 e. The summed E-state index contributed by atoms with van der Waals surface area (Å²) in [5, 5.41) is 9.31. The van der Waals surface area contributed by atoms with Crippen LogP contribution < -0.4 is 16.0 Å². The summed E-state index contributed by atoms with van der Waals surface area (Å²) in [5.41, 5.74) is 5.65. The van der Waals surface area contributed by atoms with Crippen LogP contribution in [0.1, 0.15) is 63.6 Å². The summed E-state index contributed by atoms with van der Waals surface area (Å²) in [6.07, 6.45) is 2.71. The molecule has 0 unspecified atom stereocenters. The molecule has 2 aliphatic rings. The number of likely N-dealkylation sites (tertiary alicyclic amines) is 1. The molecule has 46 heavy (non-hydrogen) atoms. The fourth-order valence-electron chi connectivity index (χ4n) is 6.43. The number of nitrogens with one attached hydrogen (secondary N) is 3. The lowest BCUT2D eigenvalue weighted by Crippen LogP contribution is -2.61. The highest BCUT2D eigenvalue weighted by molar-refractivity contribution is 6.01. The lowest BCUT2D eigenvalue weighted by molar-refractivity contribution is -0.134. The third kappa shape index (κ3) is 6.53. The Morgan fingerprint density at radius 3 is 2.30 bits per heavy atom. The van der Waals surface area contributed by atoms with Crippen LogP contribution >= 0.6 is 0 Å². The molecule has 3 N–H and O–H groups in total. The molecule has 1 spiro atoms. The summed E-state index contributed by atoms with van der Waals surface area (Å²) in [6.45, 7) is 6.35. The van der Waals surface area contributed by atoms with Crippen LogP contribution in [0.5, 0.6) is 0 Å². The van der Waals surface area contributed by atoms with Crippen molar-refractivity contribution in [3.63, 3.8) is 0 Å². The summed E-state index contributed by atoms with van der Waals surface area (Å²) in [6, 6.07) is 20.7. The van der Waals surface area contributed by atoms with Crippen LogP contribution in [-0.2, 0) is 14.3 Å². The van der Waals surface area contributed by atoms with Crippen molar-refractivity contribution < 1.29 is 23.9 Å². The van der Waals surface area contributed by atoms with E-state index in [-0.39, 0.29) is 11.8 Å². The fourth-order valence-corrected chi connectivity index (χ4v) is 6.43. The number of amides is 3. The maximum atomic E-state index is 13.5. The zero-order chi connectivity index (χ0) is 32.8. The molecule has 10 nitrogen and oxygen atoms in total. The molecule has 0 aliphatic carbocycles. The molecule has 2 heterocycles. The van der Waals surface area contributed by atoms with Gasteiger partial charge in [0.25, 0.3) is 5.91 Å². The molecule has 2 aliphatic heterocycles. The Labute approximate surface area is 269 Å². The van der Waals surface area contributed by atoms with Gasteiger partial charge in [-0.2, -0.15) is 0 Å². The van der Waals surface area contributed by atoms with Crippen LogP contribution in [0.15, 0.2) is 66.7 Å². The first-order valence-corrected chi connectivity index (χ1v) is 15.5. The van der Waals surface area contributed by atoms with E-state index in [0.29, 0.717) is 61.3 Å². The molecule has 3 aromatic carbocycles. The van der Waals surface area contributed by atoms with Crippen molar-refractivity contribution in [1.29, 1.82) is 0 Å². The summed E-state index contributed by atoms with van der Waals surface area (Å²) in [5.74, 6) is -0.475. The van der Waals surface area contributed by atoms with E-state index in [4.69, 9.17) is 4.74 Å². The van der Waals surface area contributed by atoms with Gasteiger partial charge in [0.05, 0.1) is 12.7 Å². The molecule has 2 fully saturated rings. The van der Waals surface area contributed by atoms with Crippen LogP contribution in [0.2, 0.25) is 0 Å². The van der Waals surface area contributed by atoms with Gasteiger partial charge in [0.1, 0.15) is 5.54 Å². The first-order valence-electron chi connectivity index (χ1n) is 15.5. The largest absolute Gasteiger partial charge is 0.465 e. The standard InChI is InChI=1S/C36H41N5O5/c1-24-21-30(31(38-23-42)22-29(24)34(44)46-4)25(2)32(26-9-6-5-7-10-26)39-28-13-11-27(12-14-28)33(43)41-19-15-36(16-20-41)35(45)37-17-8-18-40(36)3/h5-7,9-14,21-23,39H,8,15-20H2,1-4H3,(H,37,45)(H,38,42)/b32-25+. The molecule has 2 saturated heterocycles. The van der Waals surface area contributed by atoms with Crippen molar-refractivity contribution in [2.45, 2.75) is 38.6 Å². The number of nitrogens with zero attached hydrogens (tertiary/aromatic N) is 2. The zero-order valence-corrected chi connectivity index (χ0v) is 26.8. The van der Waals surface area contributed by atoms with Crippen molar-refractivity contribution >= 4 is 46.8 Å². The monoisotopic (exact) mass is 623 g/mol. The minimum absolute atomic E-state index is 0.0566. The zero-order valence-electron chi connectivity index (χ0n) is 26.8. The summed E-state index contributed by atoms with van der Waals surface area (Å²) >= 11 is 0. The maximum absolute atomic E-state index is 13.5. The number of ether oxygens (including phenoxy) is 1. The minimum atomic E-state index is -0.557. The molecular weight excluding hydrogens is 582 g/mol. The average Bonchev–Trinajstić information content (AvgIpc) is 3.21. The molecule has 0 atom stereocenters. The second-order valence-corrected chi connectivity index (χ2v) is 11.9. The molecule has 0 radical (unpaired) electrons. The number of esters is 1. The lowest BCUT2D eigenvalue weighted by atomic mass is 9.85. The number of rotatable bonds is 8. The number of carbonyl (C=O) groups is 4. The Bertz CT molecular complexity index is 1640. The predicted molar refractivity (Wildman–Crippen MR) is 179 cm³/mol. The number of aryl methyl sites for hydroxylation is 1. The Balaban J connectivity index is 1.40. The summed E-state index contributed by atoms with van der Waals surface area (Å²) < 4.78 is 4.93. The normalized spacial score (nSPS) is 17.0. The highest BCUT2D eigenvalue weighted by atomic mass is 16.5. The molecule has 5 rings (SSSR count). The molecular formula is C36H41N5O5. The molecule has 10 heteroatoms. The van der Waals surface area contributed by atoms with Crippen LogP contribution in [0, 0.1) is 6.92 Å². The van der Waals surface area contributed by atoms with Crippen molar-refractivity contribution in [3.8, 4) is 0 Å². The smallest absolute Gasteiger partial charge is 0.338 e. The van der Waals surface area contributed by atoms with Crippen LogP contribution in [0.25, 0.3) is 11.3 Å². The predicted octanol–water partition coefficient (Wildman–Crippen LogP) is 4.78. The highest BCUT2D eigenvalue weighted by Crippen LogP contribution is 2.34.